The Kier molecular flexibility index (Phi) is 5.03. The van der Waals surface area contributed by atoms with Gasteiger partial charge in [0, 0.05) is 11.1 Å². The van der Waals surface area contributed by atoms with Crippen LogP contribution in [-0.2, 0) is 0 Å². The lowest BCUT2D eigenvalue weighted by Gasteiger charge is -2.13. The highest BCUT2D eigenvalue weighted by Crippen LogP contribution is 2.29. The van der Waals surface area contributed by atoms with E-state index in [9.17, 15) is 19.1 Å². The maximum Gasteiger partial charge on any atom is 0.337 e. The van der Waals surface area contributed by atoms with E-state index in [-0.39, 0.29) is 16.8 Å². The van der Waals surface area contributed by atoms with Crippen LogP contribution in [0.4, 0.5) is 10.1 Å². The molecule has 0 unspecified atom stereocenters. The van der Waals surface area contributed by atoms with Crippen LogP contribution in [0.5, 0.6) is 0 Å². The first kappa shape index (κ1) is 18.3. The fourth-order valence-electron chi connectivity index (χ4n) is 2.99. The third-order valence-electron chi connectivity index (χ3n) is 4.15. The summed E-state index contributed by atoms with van der Waals surface area (Å²) in [5.74, 6) is -2.43. The number of carboxylic acid groups (broad SMARTS) is 1. The average molecular weight is 363 g/mol. The molecule has 0 saturated carbocycles. The summed E-state index contributed by atoms with van der Waals surface area (Å²) >= 11 is 0. The molecule has 3 aromatic rings. The summed E-state index contributed by atoms with van der Waals surface area (Å²) in [7, 11) is 0. The molecule has 27 heavy (non-hydrogen) atoms. The molecule has 0 atom stereocenters. The predicted molar refractivity (Wildman–Crippen MR) is 103 cm³/mol. The first-order valence-electron chi connectivity index (χ1n) is 8.37. The van der Waals surface area contributed by atoms with E-state index in [4.69, 9.17) is 0 Å². The number of aryl methyl sites for hydroxylation is 2. The number of hydrogen-bond acceptors (Lipinski definition) is 2. The van der Waals surface area contributed by atoms with Crippen molar-refractivity contribution in [1.82, 2.24) is 0 Å². The lowest BCUT2D eigenvalue weighted by Crippen LogP contribution is -2.15. The van der Waals surface area contributed by atoms with Gasteiger partial charge in [0.05, 0.1) is 11.3 Å². The second kappa shape index (κ2) is 7.41. The molecule has 5 heteroatoms. The second-order valence-electron chi connectivity index (χ2n) is 6.38. The molecule has 3 rings (SSSR count). The van der Waals surface area contributed by atoms with E-state index >= 15 is 0 Å². The molecule has 0 bridgehead atoms. The molecule has 0 spiro atoms. The normalized spacial score (nSPS) is 10.5. The number of carbonyl (C=O) groups excluding carboxylic acids is 1. The number of hydrogen-bond donors (Lipinski definition) is 2. The van der Waals surface area contributed by atoms with E-state index in [0.717, 1.165) is 17.2 Å². The lowest BCUT2D eigenvalue weighted by molar-refractivity contribution is 0.0697. The van der Waals surface area contributed by atoms with E-state index in [2.05, 4.69) is 5.32 Å². The minimum Gasteiger partial charge on any atom is -0.478 e. The van der Waals surface area contributed by atoms with E-state index in [0.29, 0.717) is 11.1 Å². The van der Waals surface area contributed by atoms with E-state index in [1.807, 2.05) is 19.9 Å². The first-order valence-corrected chi connectivity index (χ1v) is 8.37. The number of halogens is 1. The predicted octanol–water partition coefficient (Wildman–Crippen LogP) is 5.06. The average Bonchev–Trinajstić information content (AvgIpc) is 2.62. The van der Waals surface area contributed by atoms with E-state index in [1.165, 1.54) is 6.07 Å². The van der Waals surface area contributed by atoms with Crippen LogP contribution >= 0.6 is 0 Å². The molecular formula is C22H18FNO3. The molecule has 1 amide bonds. The second-order valence-corrected chi connectivity index (χ2v) is 6.38. The summed E-state index contributed by atoms with van der Waals surface area (Å²) in [4.78, 5) is 24.2. The van der Waals surface area contributed by atoms with Gasteiger partial charge in [0.2, 0.25) is 0 Å². The number of anilines is 1. The van der Waals surface area contributed by atoms with Crippen molar-refractivity contribution in [3.63, 3.8) is 0 Å². The van der Waals surface area contributed by atoms with Gasteiger partial charge in [-0.15, -0.1) is 0 Å². The Hall–Kier alpha value is -3.47. The molecule has 0 aliphatic rings. The molecule has 0 heterocycles. The van der Waals surface area contributed by atoms with Gasteiger partial charge in [0.1, 0.15) is 5.82 Å². The standard InChI is InChI=1S/C22H18FNO3/c1-13-8-14(2)10-16(9-13)21(25)24-20-12-17(15-6-4-3-5-7-15)19(23)11-18(20)22(26)27/h3-12H,1-2H3,(H,24,25)(H,26,27). The molecule has 0 radical (unpaired) electrons. The van der Waals surface area contributed by atoms with Crippen LogP contribution in [0.3, 0.4) is 0 Å². The van der Waals surface area contributed by atoms with Gasteiger partial charge in [-0.3, -0.25) is 4.79 Å². The van der Waals surface area contributed by atoms with Crippen LogP contribution in [-0.4, -0.2) is 17.0 Å². The highest BCUT2D eigenvalue weighted by molar-refractivity contribution is 6.08. The summed E-state index contributed by atoms with van der Waals surface area (Å²) < 4.78 is 14.5. The van der Waals surface area contributed by atoms with Gasteiger partial charge < -0.3 is 10.4 Å². The summed E-state index contributed by atoms with van der Waals surface area (Å²) in [6.45, 7) is 3.75. The van der Waals surface area contributed by atoms with E-state index in [1.54, 1.807) is 42.5 Å². The van der Waals surface area contributed by atoms with Gasteiger partial charge in [-0.05, 0) is 43.7 Å². The molecule has 4 nitrogen and oxygen atoms in total. The Labute approximate surface area is 156 Å². The zero-order chi connectivity index (χ0) is 19.6. The fraction of sp³-hybridized carbons (Fsp3) is 0.0909. The molecule has 0 fully saturated rings. The van der Waals surface area contributed by atoms with Crippen molar-refractivity contribution in [2.75, 3.05) is 5.32 Å². The highest BCUT2D eigenvalue weighted by Gasteiger charge is 2.18. The number of carbonyl (C=O) groups is 2. The minimum atomic E-state index is -1.32. The van der Waals surface area contributed by atoms with Crippen molar-refractivity contribution in [3.05, 3.63) is 88.7 Å². The van der Waals surface area contributed by atoms with Crippen LogP contribution < -0.4 is 5.32 Å². The molecule has 0 aromatic heterocycles. The molecular weight excluding hydrogens is 345 g/mol. The summed E-state index contributed by atoms with van der Waals surface area (Å²) in [6.07, 6.45) is 0. The quantitative estimate of drug-likeness (QED) is 0.681. The number of nitrogens with one attached hydrogen (secondary N) is 1. The van der Waals surface area contributed by atoms with Gasteiger partial charge in [0.15, 0.2) is 0 Å². The maximum absolute atomic E-state index is 14.5. The van der Waals surface area contributed by atoms with Crippen LogP contribution in [0.2, 0.25) is 0 Å². The number of carboxylic acids is 1. The van der Waals surface area contributed by atoms with Crippen molar-refractivity contribution >= 4 is 17.6 Å². The smallest absolute Gasteiger partial charge is 0.337 e. The molecule has 2 N–H and O–H groups in total. The van der Waals surface area contributed by atoms with Crippen LogP contribution in [0, 0.1) is 19.7 Å². The SMILES string of the molecule is Cc1cc(C)cc(C(=O)Nc2cc(-c3ccccc3)c(F)cc2C(=O)O)c1. The molecule has 0 aliphatic carbocycles. The highest BCUT2D eigenvalue weighted by atomic mass is 19.1. The minimum absolute atomic E-state index is 0.0481. The van der Waals surface area contributed by atoms with Crippen LogP contribution in [0.1, 0.15) is 31.8 Å². The third kappa shape index (κ3) is 4.03. The Bertz CT molecular complexity index is 1010. The Balaban J connectivity index is 2.05. The molecule has 0 saturated heterocycles. The topological polar surface area (TPSA) is 66.4 Å². The van der Waals surface area contributed by atoms with Crippen molar-refractivity contribution in [3.8, 4) is 11.1 Å². The van der Waals surface area contributed by atoms with Gasteiger partial charge >= 0.3 is 5.97 Å². The van der Waals surface area contributed by atoms with E-state index < -0.39 is 17.7 Å². The number of amides is 1. The lowest BCUT2D eigenvalue weighted by atomic mass is 10.0. The van der Waals surface area contributed by atoms with Gasteiger partial charge in [-0.2, -0.15) is 0 Å². The Morgan fingerprint density at radius 3 is 2.15 bits per heavy atom. The first-order chi connectivity index (χ1) is 12.8. The zero-order valence-corrected chi connectivity index (χ0v) is 14.9. The third-order valence-corrected chi connectivity index (χ3v) is 4.15. The Morgan fingerprint density at radius 1 is 0.926 bits per heavy atom. The number of rotatable bonds is 4. The van der Waals surface area contributed by atoms with Crippen LogP contribution in [0.25, 0.3) is 11.1 Å². The molecule has 3 aromatic carbocycles. The van der Waals surface area contributed by atoms with Gasteiger partial charge in [0.25, 0.3) is 5.91 Å². The summed E-state index contributed by atoms with van der Waals surface area (Å²) in [5, 5.41) is 12.0. The largest absolute Gasteiger partial charge is 0.478 e. The van der Waals surface area contributed by atoms with Crippen molar-refractivity contribution in [2.24, 2.45) is 0 Å². The monoisotopic (exact) mass is 363 g/mol. The fourth-order valence-corrected chi connectivity index (χ4v) is 2.99. The Morgan fingerprint density at radius 2 is 1.56 bits per heavy atom. The number of benzene rings is 3. The maximum atomic E-state index is 14.5. The van der Waals surface area contributed by atoms with Gasteiger partial charge in [-0.1, -0.05) is 47.5 Å². The van der Waals surface area contributed by atoms with Crippen molar-refractivity contribution < 1.29 is 19.1 Å². The zero-order valence-electron chi connectivity index (χ0n) is 14.9. The van der Waals surface area contributed by atoms with Gasteiger partial charge in [-0.25, -0.2) is 9.18 Å². The summed E-state index contributed by atoms with van der Waals surface area (Å²) in [5.41, 5.74) is 2.81. The van der Waals surface area contributed by atoms with Crippen LogP contribution in [0.15, 0.2) is 60.7 Å². The number of aromatic carboxylic acids is 1. The van der Waals surface area contributed by atoms with Crippen molar-refractivity contribution in [1.29, 1.82) is 0 Å². The molecule has 0 aliphatic heterocycles. The summed E-state index contributed by atoms with van der Waals surface area (Å²) in [6, 6.07) is 16.4. The van der Waals surface area contributed by atoms with Crippen molar-refractivity contribution in [2.45, 2.75) is 13.8 Å². The molecule has 136 valence electrons.